The standard InChI is InChI=1S/C12H17BrClNO2S/c1-10(11-5-4-6-12(13)9-11)15-18(16,17)8-3-2-7-14/h4-6,9-10,15H,2-3,7-8H2,1H3/t10-/m0/s1. The van der Waals surface area contributed by atoms with Crippen LogP contribution in [0.25, 0.3) is 0 Å². The van der Waals surface area contributed by atoms with Gasteiger partial charge in [0.2, 0.25) is 10.0 Å². The van der Waals surface area contributed by atoms with E-state index < -0.39 is 10.0 Å². The molecule has 0 heterocycles. The van der Waals surface area contributed by atoms with Gasteiger partial charge in [-0.1, -0.05) is 28.1 Å². The number of halogens is 2. The molecule has 18 heavy (non-hydrogen) atoms. The van der Waals surface area contributed by atoms with E-state index in [1.807, 2.05) is 31.2 Å². The lowest BCUT2D eigenvalue weighted by atomic mass is 10.1. The van der Waals surface area contributed by atoms with Crippen molar-refractivity contribution in [1.29, 1.82) is 0 Å². The lowest BCUT2D eigenvalue weighted by Gasteiger charge is -2.14. The fourth-order valence-corrected chi connectivity index (χ4v) is 3.54. The van der Waals surface area contributed by atoms with E-state index in [0.717, 1.165) is 10.0 Å². The smallest absolute Gasteiger partial charge is 0.212 e. The molecule has 1 aromatic carbocycles. The maximum Gasteiger partial charge on any atom is 0.212 e. The van der Waals surface area contributed by atoms with Gasteiger partial charge in [-0.3, -0.25) is 0 Å². The van der Waals surface area contributed by atoms with Gasteiger partial charge in [-0.05, 0) is 37.5 Å². The number of hydrogen-bond acceptors (Lipinski definition) is 2. The highest BCUT2D eigenvalue weighted by Crippen LogP contribution is 2.18. The van der Waals surface area contributed by atoms with Gasteiger partial charge in [0.15, 0.2) is 0 Å². The third-order valence-electron chi connectivity index (χ3n) is 2.50. The zero-order chi connectivity index (χ0) is 13.6. The molecule has 0 aliphatic rings. The molecule has 0 aliphatic carbocycles. The van der Waals surface area contributed by atoms with Gasteiger partial charge >= 0.3 is 0 Å². The molecule has 1 rings (SSSR count). The van der Waals surface area contributed by atoms with Gasteiger partial charge in [0.05, 0.1) is 5.75 Å². The van der Waals surface area contributed by atoms with Gasteiger partial charge in [-0.15, -0.1) is 11.6 Å². The lowest BCUT2D eigenvalue weighted by molar-refractivity contribution is 0.564. The monoisotopic (exact) mass is 353 g/mol. The number of alkyl halides is 1. The van der Waals surface area contributed by atoms with Gasteiger partial charge < -0.3 is 0 Å². The summed E-state index contributed by atoms with van der Waals surface area (Å²) in [6.45, 7) is 1.83. The molecule has 1 atom stereocenters. The molecule has 0 bridgehead atoms. The molecule has 0 unspecified atom stereocenters. The maximum atomic E-state index is 11.8. The lowest BCUT2D eigenvalue weighted by Crippen LogP contribution is -2.29. The van der Waals surface area contributed by atoms with E-state index in [1.54, 1.807) is 0 Å². The predicted molar refractivity (Wildman–Crippen MR) is 79.4 cm³/mol. The van der Waals surface area contributed by atoms with Gasteiger partial charge in [0.25, 0.3) is 0 Å². The minimum Gasteiger partial charge on any atom is -0.212 e. The summed E-state index contributed by atoms with van der Waals surface area (Å²) >= 11 is 8.90. The molecule has 0 aliphatic heterocycles. The third kappa shape index (κ3) is 5.69. The summed E-state index contributed by atoms with van der Waals surface area (Å²) < 4.78 is 27.2. The largest absolute Gasteiger partial charge is 0.212 e. The molecule has 102 valence electrons. The average molecular weight is 355 g/mol. The highest BCUT2D eigenvalue weighted by Gasteiger charge is 2.15. The average Bonchev–Trinajstić information content (AvgIpc) is 2.28. The molecular formula is C12H17BrClNO2S. The van der Waals surface area contributed by atoms with Gasteiger partial charge in [0, 0.05) is 16.4 Å². The van der Waals surface area contributed by atoms with Crippen molar-refractivity contribution in [3.63, 3.8) is 0 Å². The van der Waals surface area contributed by atoms with E-state index in [0.29, 0.717) is 18.7 Å². The van der Waals surface area contributed by atoms with E-state index in [9.17, 15) is 8.42 Å². The molecule has 1 aromatic rings. The van der Waals surface area contributed by atoms with E-state index in [4.69, 9.17) is 11.6 Å². The van der Waals surface area contributed by atoms with Crippen LogP contribution in [0.5, 0.6) is 0 Å². The van der Waals surface area contributed by atoms with Crippen molar-refractivity contribution in [3.8, 4) is 0 Å². The molecule has 0 fully saturated rings. The molecule has 0 spiro atoms. The molecule has 3 nitrogen and oxygen atoms in total. The van der Waals surface area contributed by atoms with Crippen molar-refractivity contribution in [2.75, 3.05) is 11.6 Å². The second kappa shape index (κ2) is 7.48. The fourth-order valence-electron chi connectivity index (χ4n) is 1.56. The Kier molecular flexibility index (Phi) is 6.63. The molecule has 0 aromatic heterocycles. The molecule has 1 N–H and O–H groups in total. The van der Waals surface area contributed by atoms with Crippen LogP contribution < -0.4 is 4.72 Å². The van der Waals surface area contributed by atoms with E-state index in [-0.39, 0.29) is 11.8 Å². The number of rotatable bonds is 7. The molecule has 0 saturated carbocycles. The van der Waals surface area contributed by atoms with Crippen LogP contribution in [0.15, 0.2) is 28.7 Å². The number of sulfonamides is 1. The minimum absolute atomic E-state index is 0.123. The second-order valence-corrected chi connectivity index (χ2v) is 7.28. The van der Waals surface area contributed by atoms with Gasteiger partial charge in [-0.25, -0.2) is 13.1 Å². The van der Waals surface area contributed by atoms with Crippen molar-refractivity contribution < 1.29 is 8.42 Å². The van der Waals surface area contributed by atoms with Crippen molar-refractivity contribution in [1.82, 2.24) is 4.72 Å². The molecule has 0 amide bonds. The number of nitrogens with one attached hydrogen (secondary N) is 1. The Morgan fingerprint density at radius 2 is 2.11 bits per heavy atom. The van der Waals surface area contributed by atoms with Crippen molar-refractivity contribution in [2.24, 2.45) is 0 Å². The summed E-state index contributed by atoms with van der Waals surface area (Å²) in [5.74, 6) is 0.620. The molecule has 6 heteroatoms. The van der Waals surface area contributed by atoms with E-state index in [2.05, 4.69) is 20.7 Å². The summed E-state index contributed by atoms with van der Waals surface area (Å²) in [7, 11) is -3.24. The normalized spacial score (nSPS) is 13.5. The zero-order valence-electron chi connectivity index (χ0n) is 10.2. The third-order valence-corrected chi connectivity index (χ3v) is 4.80. The van der Waals surface area contributed by atoms with Crippen LogP contribution in [0.3, 0.4) is 0 Å². The summed E-state index contributed by atoms with van der Waals surface area (Å²) in [6.07, 6.45) is 1.30. The van der Waals surface area contributed by atoms with E-state index >= 15 is 0 Å². The van der Waals surface area contributed by atoms with Crippen LogP contribution in [0.4, 0.5) is 0 Å². The van der Waals surface area contributed by atoms with Crippen molar-refractivity contribution in [3.05, 3.63) is 34.3 Å². The molecule has 0 saturated heterocycles. The van der Waals surface area contributed by atoms with Crippen LogP contribution in [-0.4, -0.2) is 20.1 Å². The Bertz CT molecular complexity index is 479. The van der Waals surface area contributed by atoms with Crippen LogP contribution >= 0.6 is 27.5 Å². The quantitative estimate of drug-likeness (QED) is 0.602. The first kappa shape index (κ1) is 16.0. The summed E-state index contributed by atoms with van der Waals surface area (Å²) in [5, 5.41) is 0. The number of unbranched alkanes of at least 4 members (excludes halogenated alkanes) is 1. The van der Waals surface area contributed by atoms with Gasteiger partial charge in [-0.2, -0.15) is 0 Å². The Balaban J connectivity index is 2.61. The minimum atomic E-state index is -3.24. The van der Waals surface area contributed by atoms with E-state index in [1.165, 1.54) is 0 Å². The summed E-state index contributed by atoms with van der Waals surface area (Å²) in [4.78, 5) is 0. The molecule has 0 radical (unpaired) electrons. The Morgan fingerprint density at radius 1 is 1.39 bits per heavy atom. The summed E-state index contributed by atoms with van der Waals surface area (Å²) in [5.41, 5.74) is 0.935. The second-order valence-electron chi connectivity index (χ2n) is 4.11. The number of hydrogen-bond donors (Lipinski definition) is 1. The predicted octanol–water partition coefficient (Wildman–Crippen LogP) is 3.45. The van der Waals surface area contributed by atoms with Crippen LogP contribution in [0, 0.1) is 0 Å². The topological polar surface area (TPSA) is 46.2 Å². The first-order valence-corrected chi connectivity index (χ1v) is 8.74. The van der Waals surface area contributed by atoms with Crippen molar-refractivity contribution in [2.45, 2.75) is 25.8 Å². The van der Waals surface area contributed by atoms with Gasteiger partial charge in [0.1, 0.15) is 0 Å². The Morgan fingerprint density at radius 3 is 2.72 bits per heavy atom. The zero-order valence-corrected chi connectivity index (χ0v) is 13.4. The molecular weight excluding hydrogens is 338 g/mol. The van der Waals surface area contributed by atoms with Crippen LogP contribution in [-0.2, 0) is 10.0 Å². The summed E-state index contributed by atoms with van der Waals surface area (Å²) in [6, 6.07) is 7.37. The first-order valence-electron chi connectivity index (χ1n) is 5.76. The highest BCUT2D eigenvalue weighted by molar-refractivity contribution is 9.10. The number of benzene rings is 1. The first-order chi connectivity index (χ1) is 8.44. The SMILES string of the molecule is C[C@H](NS(=O)(=O)CCCCCl)c1cccc(Br)c1. The Hall–Kier alpha value is -0.100. The van der Waals surface area contributed by atoms with Crippen LogP contribution in [0.1, 0.15) is 31.4 Å². The highest BCUT2D eigenvalue weighted by atomic mass is 79.9. The van der Waals surface area contributed by atoms with Crippen LogP contribution in [0.2, 0.25) is 0 Å². The fraction of sp³-hybridized carbons (Fsp3) is 0.500. The Labute approximate surface area is 122 Å². The maximum absolute atomic E-state index is 11.8. The van der Waals surface area contributed by atoms with Crippen molar-refractivity contribution >= 4 is 37.6 Å².